The van der Waals surface area contributed by atoms with Crippen LogP contribution in [-0.4, -0.2) is 41.2 Å². The van der Waals surface area contributed by atoms with Gasteiger partial charge in [-0.25, -0.2) is 4.99 Å². The molecule has 5 nitrogen and oxygen atoms in total. The summed E-state index contributed by atoms with van der Waals surface area (Å²) in [6, 6.07) is 0. The molecule has 1 aliphatic rings. The van der Waals surface area contributed by atoms with Gasteiger partial charge in [0.25, 0.3) is 0 Å². The molecule has 5 heteroatoms. The second-order valence-corrected chi connectivity index (χ2v) is 3.85. The number of esters is 1. The van der Waals surface area contributed by atoms with Crippen molar-refractivity contribution in [1.29, 1.82) is 0 Å². The normalized spacial score (nSPS) is 24.9. The fourth-order valence-corrected chi connectivity index (χ4v) is 1.64. The summed E-state index contributed by atoms with van der Waals surface area (Å²) in [6.07, 6.45) is 1.68. The maximum Gasteiger partial charge on any atom is 0.312 e. The summed E-state index contributed by atoms with van der Waals surface area (Å²) in [4.78, 5) is 17.0. The zero-order chi connectivity index (χ0) is 12.3. The Morgan fingerprint density at radius 2 is 2.25 bits per heavy atom. The average molecular weight is 226 g/mol. The highest BCUT2D eigenvalue weighted by Gasteiger charge is 2.37. The van der Waals surface area contributed by atoms with Crippen molar-refractivity contribution >= 4 is 11.7 Å². The van der Waals surface area contributed by atoms with E-state index in [1.165, 1.54) is 0 Å². The Hall–Kier alpha value is -1.36. The molecule has 0 spiro atoms. The minimum Gasteiger partial charge on any atom is -0.466 e. The number of ether oxygens (including phenoxy) is 1. The molecule has 0 aromatic heterocycles. The van der Waals surface area contributed by atoms with Gasteiger partial charge in [0.1, 0.15) is 6.42 Å². The summed E-state index contributed by atoms with van der Waals surface area (Å²) in [5.41, 5.74) is 1.56. The lowest BCUT2D eigenvalue weighted by Gasteiger charge is -2.37. The molecule has 90 valence electrons. The molecule has 16 heavy (non-hydrogen) atoms. The highest BCUT2D eigenvalue weighted by molar-refractivity contribution is 5.94. The number of carbonyl (C=O) groups excluding carboxylic acids is 1. The van der Waals surface area contributed by atoms with Crippen molar-refractivity contribution in [1.82, 2.24) is 4.90 Å². The van der Waals surface area contributed by atoms with Crippen molar-refractivity contribution in [2.75, 3.05) is 13.7 Å². The van der Waals surface area contributed by atoms with Crippen LogP contribution in [0.1, 0.15) is 27.2 Å². The quantitative estimate of drug-likeness (QED) is 0.726. The third-order valence-electron chi connectivity index (χ3n) is 2.53. The van der Waals surface area contributed by atoms with Crippen LogP contribution < -0.4 is 0 Å². The number of nitrogens with zero attached hydrogens (tertiary/aromatic N) is 2. The van der Waals surface area contributed by atoms with Crippen LogP contribution >= 0.6 is 0 Å². The molecule has 1 heterocycles. The van der Waals surface area contributed by atoms with Crippen LogP contribution in [0.3, 0.4) is 0 Å². The molecule has 0 fully saturated rings. The van der Waals surface area contributed by atoms with E-state index in [9.17, 15) is 9.90 Å². The van der Waals surface area contributed by atoms with Gasteiger partial charge in [-0.1, -0.05) is 0 Å². The minimum atomic E-state index is -1.52. The molecule has 0 radical (unpaired) electrons. The van der Waals surface area contributed by atoms with E-state index in [1.807, 2.05) is 13.0 Å². The number of carbonyl (C=O) groups is 1. The number of aliphatic hydroxyl groups is 1. The van der Waals surface area contributed by atoms with Crippen molar-refractivity contribution in [3.63, 3.8) is 0 Å². The largest absolute Gasteiger partial charge is 0.466 e. The number of rotatable bonds is 3. The minimum absolute atomic E-state index is 0.167. The molecule has 0 bridgehead atoms. The first-order valence-corrected chi connectivity index (χ1v) is 5.25. The van der Waals surface area contributed by atoms with E-state index in [1.54, 1.807) is 25.8 Å². The second kappa shape index (κ2) is 4.65. The van der Waals surface area contributed by atoms with Crippen LogP contribution in [0.15, 0.2) is 16.8 Å². The van der Waals surface area contributed by atoms with Gasteiger partial charge >= 0.3 is 5.97 Å². The highest BCUT2D eigenvalue weighted by atomic mass is 16.5. The molecule has 1 rings (SSSR count). The molecule has 0 saturated carbocycles. The molecular formula is C11H18N2O3. The Labute approximate surface area is 95.4 Å². The van der Waals surface area contributed by atoms with Crippen LogP contribution in [0.2, 0.25) is 0 Å². The predicted octanol–water partition coefficient (Wildman–Crippen LogP) is 0.896. The third kappa shape index (κ3) is 2.61. The van der Waals surface area contributed by atoms with Gasteiger partial charge in [0.15, 0.2) is 0 Å². The summed E-state index contributed by atoms with van der Waals surface area (Å²) >= 11 is 0. The van der Waals surface area contributed by atoms with Crippen molar-refractivity contribution < 1.29 is 14.6 Å². The maximum absolute atomic E-state index is 11.4. The first-order chi connectivity index (χ1) is 7.39. The van der Waals surface area contributed by atoms with Gasteiger partial charge in [-0.3, -0.25) is 4.79 Å². The van der Waals surface area contributed by atoms with Gasteiger partial charge in [0.05, 0.1) is 6.61 Å². The van der Waals surface area contributed by atoms with E-state index >= 15 is 0 Å². The molecule has 0 aliphatic carbocycles. The maximum atomic E-state index is 11.4. The summed E-state index contributed by atoms with van der Waals surface area (Å²) < 4.78 is 4.81. The lowest BCUT2D eigenvalue weighted by atomic mass is 10.1. The van der Waals surface area contributed by atoms with Crippen molar-refractivity contribution in [2.24, 2.45) is 4.99 Å². The fourth-order valence-electron chi connectivity index (χ4n) is 1.64. The van der Waals surface area contributed by atoms with E-state index < -0.39 is 11.8 Å². The molecular weight excluding hydrogens is 208 g/mol. The first kappa shape index (κ1) is 12.7. The third-order valence-corrected chi connectivity index (χ3v) is 2.53. The molecule has 0 saturated heterocycles. The number of aliphatic imine (C=N–C) groups is 1. The predicted molar refractivity (Wildman–Crippen MR) is 60.8 cm³/mol. The van der Waals surface area contributed by atoms with Crippen LogP contribution in [0, 0.1) is 0 Å². The monoisotopic (exact) mass is 226 g/mol. The summed E-state index contributed by atoms with van der Waals surface area (Å²) in [6.45, 7) is 5.67. The SMILES string of the molecule is CCOC(=O)CC1(O)N=C(C)C=C(C)N1C. The van der Waals surface area contributed by atoms with E-state index in [0.717, 1.165) is 5.70 Å². The van der Waals surface area contributed by atoms with Gasteiger partial charge in [-0.15, -0.1) is 0 Å². The number of allylic oxidation sites excluding steroid dienone is 2. The molecule has 1 atom stereocenters. The zero-order valence-electron chi connectivity index (χ0n) is 10.1. The van der Waals surface area contributed by atoms with Crippen molar-refractivity contribution in [3.05, 3.63) is 11.8 Å². The Balaban J connectivity index is 2.84. The van der Waals surface area contributed by atoms with Crippen molar-refractivity contribution in [2.45, 2.75) is 33.0 Å². The van der Waals surface area contributed by atoms with E-state index in [0.29, 0.717) is 12.3 Å². The number of hydrogen-bond donors (Lipinski definition) is 1. The second-order valence-electron chi connectivity index (χ2n) is 3.85. The summed E-state index contributed by atoms with van der Waals surface area (Å²) in [5.74, 6) is -1.97. The highest BCUT2D eigenvalue weighted by Crippen LogP contribution is 2.25. The Kier molecular flexibility index (Phi) is 3.70. The Morgan fingerprint density at radius 1 is 1.62 bits per heavy atom. The molecule has 1 unspecified atom stereocenters. The first-order valence-electron chi connectivity index (χ1n) is 5.25. The van der Waals surface area contributed by atoms with E-state index in [-0.39, 0.29) is 6.42 Å². The zero-order valence-corrected chi connectivity index (χ0v) is 10.1. The van der Waals surface area contributed by atoms with Crippen molar-refractivity contribution in [3.8, 4) is 0 Å². The van der Waals surface area contributed by atoms with Crippen LogP contribution in [0.4, 0.5) is 0 Å². The van der Waals surface area contributed by atoms with Crippen LogP contribution in [0.5, 0.6) is 0 Å². The smallest absolute Gasteiger partial charge is 0.312 e. The van der Waals surface area contributed by atoms with Gasteiger partial charge < -0.3 is 14.7 Å². The lowest BCUT2D eigenvalue weighted by molar-refractivity contribution is -0.156. The molecule has 0 amide bonds. The standard InChI is InChI=1S/C11H18N2O3/c1-5-16-10(14)7-11(15)12-8(2)6-9(3)13(11)4/h6,15H,5,7H2,1-4H3. The van der Waals surface area contributed by atoms with Crippen LogP contribution in [-0.2, 0) is 9.53 Å². The average Bonchev–Trinajstić information content (AvgIpc) is 2.13. The Bertz CT molecular complexity index is 349. The summed E-state index contributed by atoms with van der Waals surface area (Å²) in [5, 5.41) is 10.3. The van der Waals surface area contributed by atoms with Gasteiger partial charge in [0.2, 0.25) is 5.85 Å². The molecule has 1 aliphatic heterocycles. The van der Waals surface area contributed by atoms with Gasteiger partial charge in [-0.05, 0) is 26.8 Å². The molecule has 0 aromatic rings. The topological polar surface area (TPSA) is 62.1 Å². The number of hydrogen-bond acceptors (Lipinski definition) is 5. The molecule has 1 N–H and O–H groups in total. The van der Waals surface area contributed by atoms with Crippen LogP contribution in [0.25, 0.3) is 0 Å². The Morgan fingerprint density at radius 3 is 2.81 bits per heavy atom. The molecule has 0 aromatic carbocycles. The van der Waals surface area contributed by atoms with E-state index in [4.69, 9.17) is 4.74 Å². The van der Waals surface area contributed by atoms with Gasteiger partial charge in [-0.2, -0.15) is 0 Å². The fraction of sp³-hybridized carbons (Fsp3) is 0.636. The summed E-state index contributed by atoms with van der Waals surface area (Å²) in [7, 11) is 1.70. The van der Waals surface area contributed by atoms with Gasteiger partial charge in [0, 0.05) is 18.5 Å². The lowest BCUT2D eigenvalue weighted by Crippen LogP contribution is -2.48. The van der Waals surface area contributed by atoms with E-state index in [2.05, 4.69) is 4.99 Å².